The van der Waals surface area contributed by atoms with E-state index >= 15 is 0 Å². The molecule has 5 N–H and O–H groups in total. The average Bonchev–Trinajstić information content (AvgIpc) is 3.26. The number of benzene rings is 2. The van der Waals surface area contributed by atoms with Crippen molar-refractivity contribution < 1.29 is 24.3 Å². The fraction of sp³-hybridized carbons (Fsp3) is 0.393. The van der Waals surface area contributed by atoms with Crippen molar-refractivity contribution in [1.29, 1.82) is 0 Å². The van der Waals surface area contributed by atoms with E-state index < -0.39 is 12.0 Å². The molecule has 3 aromatic rings. The minimum Gasteiger partial charge on any atom is -0.368 e. The van der Waals surface area contributed by atoms with Gasteiger partial charge in [0.1, 0.15) is 6.10 Å². The summed E-state index contributed by atoms with van der Waals surface area (Å²) < 4.78 is 6.03. The number of aromatic nitrogens is 1. The number of carbonyl (C=O) groups excluding carboxylic acids is 3. The Hall–Kier alpha value is -3.69. The Morgan fingerprint density at radius 2 is 1.84 bits per heavy atom. The number of aromatic amines is 1. The lowest BCUT2D eigenvalue weighted by molar-refractivity contribution is -0.129. The van der Waals surface area contributed by atoms with Crippen molar-refractivity contribution in [3.63, 3.8) is 0 Å². The molecule has 0 radical (unpaired) electrons. The van der Waals surface area contributed by atoms with Crippen LogP contribution in [0.3, 0.4) is 0 Å². The van der Waals surface area contributed by atoms with E-state index in [0.717, 1.165) is 47.8 Å². The van der Waals surface area contributed by atoms with Crippen LogP contribution in [0.25, 0.3) is 10.9 Å². The quantitative estimate of drug-likeness (QED) is 0.194. The monoisotopic (exact) mass is 506 g/mol. The van der Waals surface area contributed by atoms with E-state index in [1.54, 1.807) is 29.7 Å². The molecule has 0 aliphatic carbocycles. The second kappa shape index (κ2) is 13.0. The highest BCUT2D eigenvalue weighted by Crippen LogP contribution is 2.25. The van der Waals surface area contributed by atoms with Crippen molar-refractivity contribution in [2.45, 2.75) is 64.0 Å². The summed E-state index contributed by atoms with van der Waals surface area (Å²) in [4.78, 5) is 41.0. The van der Waals surface area contributed by atoms with Gasteiger partial charge in [-0.2, -0.15) is 0 Å². The normalized spacial score (nSPS) is 17.1. The first-order chi connectivity index (χ1) is 18.1. The largest absolute Gasteiger partial charge is 0.368 e. The number of para-hydroxylation sites is 2. The zero-order valence-electron chi connectivity index (χ0n) is 20.8. The van der Waals surface area contributed by atoms with E-state index in [4.69, 9.17) is 9.94 Å². The Morgan fingerprint density at radius 1 is 1.03 bits per heavy atom. The minimum atomic E-state index is -0.670. The minimum absolute atomic E-state index is 0.229. The molecular formula is C28H34N4O5. The number of anilines is 1. The summed E-state index contributed by atoms with van der Waals surface area (Å²) in [7, 11) is 0. The molecular weight excluding hydrogens is 472 g/mol. The Balaban J connectivity index is 1.51. The van der Waals surface area contributed by atoms with Crippen molar-refractivity contribution in [1.82, 2.24) is 15.8 Å². The molecule has 0 saturated carbocycles. The molecule has 37 heavy (non-hydrogen) atoms. The number of ether oxygens (including phenoxy) is 1. The molecule has 196 valence electrons. The maximum atomic E-state index is 13.2. The van der Waals surface area contributed by atoms with Crippen LogP contribution in [0.2, 0.25) is 0 Å². The van der Waals surface area contributed by atoms with Gasteiger partial charge in [-0.05, 0) is 55.9 Å². The number of nitrogens with one attached hydrogen (secondary N) is 4. The fourth-order valence-corrected chi connectivity index (χ4v) is 4.71. The highest BCUT2D eigenvalue weighted by molar-refractivity contribution is 6.04. The summed E-state index contributed by atoms with van der Waals surface area (Å²) in [5.74, 6) is -0.975. The standard InChI is InChI=1S/C28H34N4O5/c33-26(32-36)16-3-1-2-15-25-28(35)31-23-13-7-5-11-20(23)27(34)29-18-21-19-10-4-6-12-22(19)30-24(21)14-8-9-17-37-25/h4-7,10-13,25,30,36H,1-3,8-9,14-18H2,(H,29,34)(H,31,35)(H,32,33)/t25-/m1/s1. The van der Waals surface area contributed by atoms with Crippen LogP contribution in [-0.4, -0.2) is 40.6 Å². The van der Waals surface area contributed by atoms with E-state index in [2.05, 4.69) is 21.7 Å². The van der Waals surface area contributed by atoms with Crippen molar-refractivity contribution in [2.75, 3.05) is 11.9 Å². The molecule has 0 bridgehead atoms. The van der Waals surface area contributed by atoms with Crippen LogP contribution >= 0.6 is 0 Å². The Bertz CT molecular complexity index is 1240. The van der Waals surface area contributed by atoms with Crippen molar-refractivity contribution in [3.05, 3.63) is 65.4 Å². The van der Waals surface area contributed by atoms with Crippen molar-refractivity contribution in [2.24, 2.45) is 0 Å². The third-order valence-electron chi connectivity index (χ3n) is 6.68. The number of rotatable bonds is 6. The summed E-state index contributed by atoms with van der Waals surface area (Å²) >= 11 is 0. The van der Waals surface area contributed by atoms with Gasteiger partial charge >= 0.3 is 0 Å². The second-order valence-corrected chi connectivity index (χ2v) is 9.30. The predicted octanol–water partition coefficient (Wildman–Crippen LogP) is 4.21. The summed E-state index contributed by atoms with van der Waals surface area (Å²) in [5, 5.41) is 15.7. The number of carbonyl (C=O) groups is 3. The SMILES string of the molecule is O=C(CCCCC[C@H]1OCCCCc2[nH]c3ccccc3c2CNC(=O)c2ccccc2NC1=O)NO. The van der Waals surface area contributed by atoms with Crippen LogP contribution in [-0.2, 0) is 27.3 Å². The molecule has 0 spiro atoms. The zero-order valence-corrected chi connectivity index (χ0v) is 20.8. The number of aryl methyl sites for hydroxylation is 1. The molecule has 0 unspecified atom stereocenters. The average molecular weight is 507 g/mol. The summed E-state index contributed by atoms with van der Waals surface area (Å²) in [6.45, 7) is 0.827. The maximum Gasteiger partial charge on any atom is 0.253 e. The highest BCUT2D eigenvalue weighted by atomic mass is 16.5. The number of hydrogen-bond donors (Lipinski definition) is 5. The lowest BCUT2D eigenvalue weighted by Crippen LogP contribution is -2.32. The molecule has 2 aromatic carbocycles. The number of H-pyrrole nitrogens is 1. The number of amides is 3. The second-order valence-electron chi connectivity index (χ2n) is 9.30. The fourth-order valence-electron chi connectivity index (χ4n) is 4.71. The van der Waals surface area contributed by atoms with E-state index in [1.807, 2.05) is 18.2 Å². The summed E-state index contributed by atoms with van der Waals surface area (Å²) in [5.41, 5.74) is 5.68. The molecule has 4 rings (SSSR count). The van der Waals surface area contributed by atoms with Gasteiger partial charge in [-0.15, -0.1) is 0 Å². The molecule has 2 heterocycles. The van der Waals surface area contributed by atoms with Crippen molar-refractivity contribution in [3.8, 4) is 0 Å². The molecule has 9 heteroatoms. The molecule has 3 amide bonds. The number of hydrogen-bond acceptors (Lipinski definition) is 5. The van der Waals surface area contributed by atoms with E-state index in [9.17, 15) is 14.4 Å². The van der Waals surface area contributed by atoms with Crippen molar-refractivity contribution >= 4 is 34.3 Å². The molecule has 1 atom stereocenters. The first kappa shape index (κ1) is 26.4. The zero-order chi connectivity index (χ0) is 26.0. The number of unbranched alkanes of at least 4 members (excludes halogenated alkanes) is 2. The molecule has 1 aromatic heterocycles. The molecule has 9 nitrogen and oxygen atoms in total. The Morgan fingerprint density at radius 3 is 2.70 bits per heavy atom. The van der Waals surface area contributed by atoms with Gasteiger partial charge < -0.3 is 20.4 Å². The number of fused-ring (bicyclic) bond motifs is 4. The van der Waals surface area contributed by atoms with Gasteiger partial charge in [0, 0.05) is 36.2 Å². The third kappa shape index (κ3) is 6.96. The van der Waals surface area contributed by atoms with Crippen LogP contribution in [0.4, 0.5) is 5.69 Å². The smallest absolute Gasteiger partial charge is 0.253 e. The lowest BCUT2D eigenvalue weighted by atomic mass is 10.1. The third-order valence-corrected chi connectivity index (χ3v) is 6.68. The summed E-state index contributed by atoms with van der Waals surface area (Å²) in [6, 6.07) is 15.0. The van der Waals surface area contributed by atoms with E-state index in [1.165, 1.54) is 0 Å². The molecule has 0 fully saturated rings. The first-order valence-corrected chi connectivity index (χ1v) is 12.9. The Kier molecular flexibility index (Phi) is 9.29. The summed E-state index contributed by atoms with van der Waals surface area (Å²) in [6.07, 6.45) is 4.55. The molecule has 1 aliphatic rings. The molecule has 1 aliphatic heterocycles. The van der Waals surface area contributed by atoms with Crippen LogP contribution in [0.1, 0.15) is 66.6 Å². The molecule has 0 saturated heterocycles. The first-order valence-electron chi connectivity index (χ1n) is 12.9. The topological polar surface area (TPSA) is 133 Å². The van der Waals surface area contributed by atoms with Gasteiger partial charge in [0.2, 0.25) is 5.91 Å². The van der Waals surface area contributed by atoms with Crippen LogP contribution in [0, 0.1) is 0 Å². The van der Waals surface area contributed by atoms with Crippen LogP contribution in [0.5, 0.6) is 0 Å². The van der Waals surface area contributed by atoms with Gasteiger partial charge in [-0.1, -0.05) is 43.2 Å². The van der Waals surface area contributed by atoms with Gasteiger partial charge in [-0.25, -0.2) is 5.48 Å². The van der Waals surface area contributed by atoms with E-state index in [-0.39, 0.29) is 18.2 Å². The van der Waals surface area contributed by atoms with Gasteiger partial charge in [0.15, 0.2) is 0 Å². The highest BCUT2D eigenvalue weighted by Gasteiger charge is 2.22. The van der Waals surface area contributed by atoms with Gasteiger partial charge in [0.05, 0.1) is 11.3 Å². The van der Waals surface area contributed by atoms with Crippen LogP contribution < -0.4 is 16.1 Å². The van der Waals surface area contributed by atoms with Gasteiger partial charge in [-0.3, -0.25) is 19.6 Å². The Labute approximate surface area is 215 Å². The lowest BCUT2D eigenvalue weighted by Gasteiger charge is -2.19. The van der Waals surface area contributed by atoms with Crippen LogP contribution in [0.15, 0.2) is 48.5 Å². The predicted molar refractivity (Wildman–Crippen MR) is 140 cm³/mol. The van der Waals surface area contributed by atoms with E-state index in [0.29, 0.717) is 43.7 Å². The van der Waals surface area contributed by atoms with Gasteiger partial charge in [0.25, 0.3) is 11.8 Å². The maximum absolute atomic E-state index is 13.2. The number of hydroxylamine groups is 1.